The average molecular weight is 375 g/mol. The number of hydrogen-bond donors (Lipinski definition) is 2. The molecule has 3 rings (SSSR count). The fourth-order valence-corrected chi connectivity index (χ4v) is 4.65. The molecule has 2 N–H and O–H groups in total. The normalized spacial score (nSPS) is 27.0. The Bertz CT molecular complexity index is 762. The van der Waals surface area contributed by atoms with E-state index < -0.39 is 17.5 Å². The first-order chi connectivity index (χ1) is 12.6. The summed E-state index contributed by atoms with van der Waals surface area (Å²) in [4.78, 5) is 38.6. The number of nitrogens with zero attached hydrogens (tertiary/aromatic N) is 1. The minimum Gasteiger partial charge on any atom is -0.350 e. The molecule has 1 aliphatic heterocycles. The van der Waals surface area contributed by atoms with E-state index in [4.69, 9.17) is 0 Å². The van der Waals surface area contributed by atoms with E-state index in [9.17, 15) is 18.8 Å². The lowest BCUT2D eigenvalue weighted by molar-refractivity contribution is -0.137. The van der Waals surface area contributed by atoms with E-state index in [1.807, 2.05) is 0 Å². The summed E-state index contributed by atoms with van der Waals surface area (Å²) < 4.78 is 12.9. The van der Waals surface area contributed by atoms with Gasteiger partial charge in [-0.2, -0.15) is 0 Å². The van der Waals surface area contributed by atoms with E-state index in [1.165, 1.54) is 12.1 Å². The molecule has 27 heavy (non-hydrogen) atoms. The Morgan fingerprint density at radius 3 is 2.56 bits per heavy atom. The molecule has 0 bridgehead atoms. The molecule has 1 spiro atoms. The van der Waals surface area contributed by atoms with Crippen LogP contribution >= 0.6 is 0 Å². The number of carbonyl (C=O) groups is 3. The van der Waals surface area contributed by atoms with Crippen LogP contribution in [-0.2, 0) is 16.1 Å². The van der Waals surface area contributed by atoms with Crippen LogP contribution < -0.4 is 10.6 Å². The van der Waals surface area contributed by atoms with Gasteiger partial charge in [-0.3, -0.25) is 14.5 Å². The van der Waals surface area contributed by atoms with Gasteiger partial charge in [-0.05, 0) is 48.3 Å². The van der Waals surface area contributed by atoms with E-state index in [2.05, 4.69) is 31.4 Å². The lowest BCUT2D eigenvalue weighted by Crippen LogP contribution is -2.54. The van der Waals surface area contributed by atoms with Crippen molar-refractivity contribution in [3.05, 3.63) is 35.6 Å². The van der Waals surface area contributed by atoms with Gasteiger partial charge >= 0.3 is 6.03 Å². The fraction of sp³-hybridized carbons (Fsp3) is 0.550. The zero-order valence-corrected chi connectivity index (χ0v) is 16.0. The van der Waals surface area contributed by atoms with Crippen molar-refractivity contribution >= 4 is 17.8 Å². The summed E-state index contributed by atoms with van der Waals surface area (Å²) in [6.07, 6.45) is 2.16. The quantitative estimate of drug-likeness (QED) is 0.794. The van der Waals surface area contributed by atoms with Gasteiger partial charge in [-0.15, -0.1) is 0 Å². The second kappa shape index (κ2) is 6.94. The van der Waals surface area contributed by atoms with Crippen LogP contribution in [0.15, 0.2) is 24.3 Å². The predicted octanol–water partition coefficient (Wildman–Crippen LogP) is 2.58. The number of halogens is 1. The molecule has 1 aromatic rings. The fourth-order valence-electron chi connectivity index (χ4n) is 4.65. The zero-order chi connectivity index (χ0) is 19.8. The van der Waals surface area contributed by atoms with Gasteiger partial charge in [0.25, 0.3) is 5.91 Å². The third-order valence-electron chi connectivity index (χ3n) is 5.33. The van der Waals surface area contributed by atoms with Gasteiger partial charge in [0.15, 0.2) is 0 Å². The summed E-state index contributed by atoms with van der Waals surface area (Å²) in [5, 5.41) is 5.52. The molecule has 4 amide bonds. The first-order valence-electron chi connectivity index (χ1n) is 9.25. The van der Waals surface area contributed by atoms with Crippen molar-refractivity contribution < 1.29 is 18.8 Å². The molecule has 0 unspecified atom stereocenters. The molecule has 1 saturated carbocycles. The van der Waals surface area contributed by atoms with Gasteiger partial charge in [0.1, 0.15) is 17.9 Å². The Morgan fingerprint density at radius 1 is 1.26 bits per heavy atom. The molecule has 0 radical (unpaired) electrons. The van der Waals surface area contributed by atoms with Gasteiger partial charge in [0.2, 0.25) is 5.91 Å². The van der Waals surface area contributed by atoms with Crippen LogP contribution in [-0.4, -0.2) is 34.8 Å². The highest BCUT2D eigenvalue weighted by atomic mass is 19.1. The maximum Gasteiger partial charge on any atom is 0.325 e. The van der Waals surface area contributed by atoms with Gasteiger partial charge in [-0.25, -0.2) is 9.18 Å². The molecule has 0 aromatic heterocycles. The molecule has 2 fully saturated rings. The largest absolute Gasteiger partial charge is 0.350 e. The van der Waals surface area contributed by atoms with Crippen LogP contribution in [0.5, 0.6) is 0 Å². The van der Waals surface area contributed by atoms with Gasteiger partial charge < -0.3 is 10.6 Å². The molecule has 6 nitrogen and oxygen atoms in total. The predicted molar refractivity (Wildman–Crippen MR) is 98.0 cm³/mol. The molecule has 7 heteroatoms. The molecule has 1 aliphatic carbocycles. The summed E-state index contributed by atoms with van der Waals surface area (Å²) in [6, 6.07) is 5.26. The number of imide groups is 1. The Morgan fingerprint density at radius 2 is 1.93 bits per heavy atom. The number of hydrogen-bond acceptors (Lipinski definition) is 3. The topological polar surface area (TPSA) is 78.5 Å². The van der Waals surface area contributed by atoms with E-state index in [1.54, 1.807) is 12.1 Å². The zero-order valence-electron chi connectivity index (χ0n) is 16.0. The first-order valence-corrected chi connectivity index (χ1v) is 9.25. The van der Waals surface area contributed by atoms with E-state index in [-0.39, 0.29) is 30.2 Å². The molecule has 146 valence electrons. The molecule has 1 saturated heterocycles. The highest BCUT2D eigenvalue weighted by Gasteiger charge is 2.56. The number of nitrogens with one attached hydrogen (secondary N) is 2. The Balaban J connectivity index is 1.63. The number of urea groups is 1. The smallest absolute Gasteiger partial charge is 0.325 e. The molecule has 2 atom stereocenters. The minimum absolute atomic E-state index is 0.0541. The number of carbonyl (C=O) groups excluding carboxylic acids is 3. The summed E-state index contributed by atoms with van der Waals surface area (Å²) >= 11 is 0. The third-order valence-corrected chi connectivity index (χ3v) is 5.33. The van der Waals surface area contributed by atoms with Crippen molar-refractivity contribution in [2.45, 2.75) is 52.1 Å². The second-order valence-electron chi connectivity index (χ2n) is 8.66. The minimum atomic E-state index is -0.907. The number of benzene rings is 1. The molecular formula is C20H26FN3O3. The lowest BCUT2D eigenvalue weighted by Gasteiger charge is -2.43. The summed E-state index contributed by atoms with van der Waals surface area (Å²) in [6.45, 7) is 6.17. The molecular weight excluding hydrogens is 349 g/mol. The van der Waals surface area contributed by atoms with Crippen LogP contribution in [0.2, 0.25) is 0 Å². The van der Waals surface area contributed by atoms with Crippen LogP contribution in [0.25, 0.3) is 0 Å². The highest BCUT2D eigenvalue weighted by molar-refractivity contribution is 6.09. The van der Waals surface area contributed by atoms with Crippen LogP contribution in [0, 0.1) is 17.2 Å². The van der Waals surface area contributed by atoms with Crippen molar-refractivity contribution in [3.8, 4) is 0 Å². The molecule has 1 heterocycles. The number of amides is 4. The van der Waals surface area contributed by atoms with Crippen molar-refractivity contribution in [1.82, 2.24) is 15.5 Å². The Labute approximate surface area is 158 Å². The summed E-state index contributed by atoms with van der Waals surface area (Å²) in [7, 11) is 0. The summed E-state index contributed by atoms with van der Waals surface area (Å²) in [5.41, 5.74) is -0.224. The van der Waals surface area contributed by atoms with Crippen molar-refractivity contribution in [3.63, 3.8) is 0 Å². The van der Waals surface area contributed by atoms with Crippen LogP contribution in [0.4, 0.5) is 9.18 Å². The SMILES string of the molecule is C[C@H]1CC(C)(C)C[C@@]2(C1)NC(=O)N(CC(=O)NCc1ccc(F)cc1)C2=O. The highest BCUT2D eigenvalue weighted by Crippen LogP contribution is 2.46. The maximum atomic E-state index is 13.0. The molecule has 2 aliphatic rings. The molecule has 1 aromatic carbocycles. The van der Waals surface area contributed by atoms with Crippen LogP contribution in [0.1, 0.15) is 45.6 Å². The van der Waals surface area contributed by atoms with E-state index in [0.717, 1.165) is 16.9 Å². The maximum absolute atomic E-state index is 13.0. The van der Waals surface area contributed by atoms with Crippen LogP contribution in [0.3, 0.4) is 0 Å². The average Bonchev–Trinajstić information content (AvgIpc) is 2.76. The lowest BCUT2D eigenvalue weighted by atomic mass is 9.64. The Kier molecular flexibility index (Phi) is 4.97. The Hall–Kier alpha value is -2.44. The van der Waals surface area contributed by atoms with E-state index in [0.29, 0.717) is 18.8 Å². The second-order valence-corrected chi connectivity index (χ2v) is 8.66. The number of rotatable bonds is 4. The van der Waals surface area contributed by atoms with Crippen molar-refractivity contribution in [2.75, 3.05) is 6.54 Å². The first kappa shape index (κ1) is 19.3. The summed E-state index contributed by atoms with van der Waals surface area (Å²) in [5.74, 6) is -0.781. The third kappa shape index (κ3) is 4.12. The van der Waals surface area contributed by atoms with Gasteiger partial charge in [0.05, 0.1) is 0 Å². The van der Waals surface area contributed by atoms with E-state index >= 15 is 0 Å². The van der Waals surface area contributed by atoms with Crippen molar-refractivity contribution in [1.29, 1.82) is 0 Å². The standard InChI is InChI=1S/C20H26FN3O3/c1-13-8-19(2,3)12-20(9-13)17(26)24(18(27)23-20)11-16(25)22-10-14-4-6-15(21)7-5-14/h4-7,13H,8-12H2,1-3H3,(H,22,25)(H,23,27)/t13-,20+/m0/s1. The van der Waals surface area contributed by atoms with Crippen molar-refractivity contribution in [2.24, 2.45) is 11.3 Å². The van der Waals surface area contributed by atoms with Gasteiger partial charge in [0, 0.05) is 6.54 Å². The van der Waals surface area contributed by atoms with Gasteiger partial charge in [-0.1, -0.05) is 32.9 Å². The monoisotopic (exact) mass is 375 g/mol.